The lowest BCUT2D eigenvalue weighted by atomic mass is 10.2. The number of aliphatic hydroxyl groups is 1. The molecule has 1 fully saturated rings. The van der Waals surface area contributed by atoms with Crippen LogP contribution >= 0.6 is 0 Å². The van der Waals surface area contributed by atoms with E-state index in [1.54, 1.807) is 0 Å². The largest absolute Gasteiger partial charge is 0.444 e. The summed E-state index contributed by atoms with van der Waals surface area (Å²) in [6.07, 6.45) is 0.0371. The first-order valence-corrected chi connectivity index (χ1v) is 5.12. The molecule has 0 unspecified atom stereocenters. The zero-order valence-corrected chi connectivity index (χ0v) is 9.45. The molecule has 2 atom stereocenters. The third kappa shape index (κ3) is 4.48. The van der Waals surface area contributed by atoms with E-state index in [4.69, 9.17) is 14.6 Å². The second kappa shape index (κ2) is 4.81. The predicted molar refractivity (Wildman–Crippen MR) is 54.6 cm³/mol. The van der Waals surface area contributed by atoms with Gasteiger partial charge in [-0.05, 0) is 27.2 Å². The molecule has 1 heterocycles. The van der Waals surface area contributed by atoms with E-state index in [-0.39, 0.29) is 18.8 Å². The second-order valence-electron chi connectivity index (χ2n) is 4.72. The van der Waals surface area contributed by atoms with Crippen molar-refractivity contribution in [1.82, 2.24) is 5.32 Å². The summed E-state index contributed by atoms with van der Waals surface area (Å²) in [6.45, 7) is 5.87. The van der Waals surface area contributed by atoms with Crippen LogP contribution in [0.2, 0.25) is 0 Å². The lowest BCUT2D eigenvalue weighted by Gasteiger charge is -2.21. The van der Waals surface area contributed by atoms with Crippen molar-refractivity contribution in [3.8, 4) is 0 Å². The van der Waals surface area contributed by atoms with Crippen LogP contribution in [0.1, 0.15) is 27.2 Å². The van der Waals surface area contributed by atoms with E-state index in [2.05, 4.69) is 5.32 Å². The molecule has 0 aromatic heterocycles. The van der Waals surface area contributed by atoms with E-state index < -0.39 is 11.7 Å². The van der Waals surface area contributed by atoms with Gasteiger partial charge in [-0.25, -0.2) is 4.79 Å². The molecule has 0 saturated carbocycles. The van der Waals surface area contributed by atoms with E-state index in [1.807, 2.05) is 20.8 Å². The van der Waals surface area contributed by atoms with Crippen molar-refractivity contribution in [1.29, 1.82) is 0 Å². The van der Waals surface area contributed by atoms with Gasteiger partial charge in [0.2, 0.25) is 0 Å². The highest BCUT2D eigenvalue weighted by molar-refractivity contribution is 5.68. The Morgan fingerprint density at radius 1 is 1.60 bits per heavy atom. The van der Waals surface area contributed by atoms with Crippen molar-refractivity contribution in [2.24, 2.45) is 0 Å². The fraction of sp³-hybridized carbons (Fsp3) is 0.900. The fourth-order valence-corrected chi connectivity index (χ4v) is 1.41. The molecular formula is C10H19NO4. The van der Waals surface area contributed by atoms with Crippen LogP contribution < -0.4 is 5.32 Å². The average molecular weight is 217 g/mol. The van der Waals surface area contributed by atoms with Gasteiger partial charge in [0.05, 0.1) is 25.4 Å². The molecule has 0 aromatic carbocycles. The van der Waals surface area contributed by atoms with Gasteiger partial charge >= 0.3 is 6.09 Å². The van der Waals surface area contributed by atoms with Crippen LogP contribution in [0.3, 0.4) is 0 Å². The minimum absolute atomic E-state index is 0.00744. The first-order valence-electron chi connectivity index (χ1n) is 5.12. The molecular weight excluding hydrogens is 198 g/mol. The average Bonchev–Trinajstić information content (AvgIpc) is 2.48. The molecule has 0 radical (unpaired) electrons. The molecule has 1 aliphatic heterocycles. The van der Waals surface area contributed by atoms with Gasteiger partial charge in [0.1, 0.15) is 5.60 Å². The standard InChI is InChI=1S/C10H19NO4/c1-10(2,3)15-9(13)11-7-4-8(5-12)14-6-7/h7-8,12H,4-6H2,1-3H3,(H,11,13)/t7-,8-/m1/s1. The van der Waals surface area contributed by atoms with Gasteiger partial charge in [-0.1, -0.05) is 0 Å². The number of amides is 1. The van der Waals surface area contributed by atoms with E-state index in [0.29, 0.717) is 13.0 Å². The molecule has 88 valence electrons. The maximum atomic E-state index is 11.4. The van der Waals surface area contributed by atoms with Crippen molar-refractivity contribution >= 4 is 6.09 Å². The Morgan fingerprint density at radius 3 is 2.73 bits per heavy atom. The molecule has 2 N–H and O–H groups in total. The van der Waals surface area contributed by atoms with Gasteiger partial charge in [-0.15, -0.1) is 0 Å². The summed E-state index contributed by atoms with van der Waals surface area (Å²) in [4.78, 5) is 11.4. The molecule has 1 saturated heterocycles. The highest BCUT2D eigenvalue weighted by Gasteiger charge is 2.27. The maximum Gasteiger partial charge on any atom is 0.407 e. The first kappa shape index (κ1) is 12.3. The minimum atomic E-state index is -0.486. The topological polar surface area (TPSA) is 67.8 Å². The first-order chi connectivity index (χ1) is 6.90. The SMILES string of the molecule is CC(C)(C)OC(=O)N[C@H]1CO[C@@H](CO)C1. The number of hydrogen-bond donors (Lipinski definition) is 2. The summed E-state index contributed by atoms with van der Waals surface area (Å²) in [5.41, 5.74) is -0.486. The van der Waals surface area contributed by atoms with Crippen molar-refractivity contribution in [3.05, 3.63) is 0 Å². The molecule has 0 aromatic rings. The highest BCUT2D eigenvalue weighted by Crippen LogP contribution is 2.13. The zero-order valence-electron chi connectivity index (χ0n) is 9.45. The summed E-state index contributed by atoms with van der Waals surface area (Å²) in [5, 5.41) is 11.5. The van der Waals surface area contributed by atoms with Gasteiger partial charge in [0.15, 0.2) is 0 Å². The molecule has 0 bridgehead atoms. The Balaban J connectivity index is 2.28. The quantitative estimate of drug-likeness (QED) is 0.713. The van der Waals surface area contributed by atoms with Gasteiger partial charge in [0.25, 0.3) is 0 Å². The Bertz CT molecular complexity index is 224. The van der Waals surface area contributed by atoms with Crippen molar-refractivity contribution < 1.29 is 19.4 Å². The number of ether oxygens (including phenoxy) is 2. The summed E-state index contributed by atoms with van der Waals surface area (Å²) in [7, 11) is 0. The van der Waals surface area contributed by atoms with Crippen molar-refractivity contribution in [3.63, 3.8) is 0 Å². The van der Waals surface area contributed by atoms with Crippen LogP contribution in [-0.4, -0.2) is 42.2 Å². The fourth-order valence-electron chi connectivity index (χ4n) is 1.41. The van der Waals surface area contributed by atoms with Gasteiger partial charge in [0, 0.05) is 0 Å². The van der Waals surface area contributed by atoms with E-state index >= 15 is 0 Å². The van der Waals surface area contributed by atoms with E-state index in [1.165, 1.54) is 0 Å². The van der Waals surface area contributed by atoms with E-state index in [9.17, 15) is 4.79 Å². The number of carbonyl (C=O) groups is 1. The van der Waals surface area contributed by atoms with E-state index in [0.717, 1.165) is 0 Å². The molecule has 1 aliphatic rings. The third-order valence-corrected chi connectivity index (χ3v) is 2.01. The summed E-state index contributed by atoms with van der Waals surface area (Å²) in [6, 6.07) is -0.0583. The smallest absolute Gasteiger partial charge is 0.407 e. The normalized spacial score (nSPS) is 26.4. The van der Waals surface area contributed by atoms with Crippen LogP contribution in [0.4, 0.5) is 4.79 Å². The number of hydrogen-bond acceptors (Lipinski definition) is 4. The molecule has 5 nitrogen and oxygen atoms in total. The third-order valence-electron chi connectivity index (χ3n) is 2.01. The van der Waals surface area contributed by atoms with Crippen LogP contribution in [0.25, 0.3) is 0 Å². The number of nitrogens with one attached hydrogen (secondary N) is 1. The molecule has 0 spiro atoms. The Morgan fingerprint density at radius 2 is 2.27 bits per heavy atom. The van der Waals surface area contributed by atoms with Crippen LogP contribution in [-0.2, 0) is 9.47 Å². The highest BCUT2D eigenvalue weighted by atomic mass is 16.6. The number of rotatable bonds is 2. The second-order valence-corrected chi connectivity index (χ2v) is 4.72. The van der Waals surface area contributed by atoms with Gasteiger partial charge < -0.3 is 19.9 Å². The van der Waals surface area contributed by atoms with Crippen molar-refractivity contribution in [2.45, 2.75) is 44.9 Å². The molecule has 1 amide bonds. The number of alkyl carbamates (subject to hydrolysis) is 1. The summed E-state index contributed by atoms with van der Waals surface area (Å²) >= 11 is 0. The summed E-state index contributed by atoms with van der Waals surface area (Å²) < 4.78 is 10.3. The Labute approximate surface area is 89.8 Å². The minimum Gasteiger partial charge on any atom is -0.444 e. The molecule has 0 aliphatic carbocycles. The van der Waals surface area contributed by atoms with Gasteiger partial charge in [-0.3, -0.25) is 0 Å². The Kier molecular flexibility index (Phi) is 3.93. The monoisotopic (exact) mass is 217 g/mol. The van der Waals surface area contributed by atoms with Crippen molar-refractivity contribution in [2.75, 3.05) is 13.2 Å². The molecule has 5 heteroatoms. The van der Waals surface area contributed by atoms with Crippen LogP contribution in [0, 0.1) is 0 Å². The van der Waals surface area contributed by atoms with Crippen LogP contribution in [0.15, 0.2) is 0 Å². The van der Waals surface area contributed by atoms with Gasteiger partial charge in [-0.2, -0.15) is 0 Å². The predicted octanol–water partition coefficient (Wildman–Crippen LogP) is 0.661. The number of carbonyl (C=O) groups excluding carboxylic acids is 1. The van der Waals surface area contributed by atoms with Crippen LogP contribution in [0.5, 0.6) is 0 Å². The lowest BCUT2D eigenvalue weighted by molar-refractivity contribution is 0.0474. The maximum absolute atomic E-state index is 11.4. The summed E-state index contributed by atoms with van der Waals surface area (Å²) in [5.74, 6) is 0. The number of aliphatic hydroxyl groups excluding tert-OH is 1. The molecule has 1 rings (SSSR count). The zero-order chi connectivity index (χ0) is 11.5. The Hall–Kier alpha value is -0.810. The lowest BCUT2D eigenvalue weighted by Crippen LogP contribution is -2.39. The molecule has 15 heavy (non-hydrogen) atoms.